The predicted octanol–water partition coefficient (Wildman–Crippen LogP) is 2.70. The largest absolute Gasteiger partial charge is 0.476 e. The van der Waals surface area contributed by atoms with Crippen molar-refractivity contribution in [3.63, 3.8) is 0 Å². The molecule has 1 heterocycles. The van der Waals surface area contributed by atoms with E-state index < -0.39 is 28.5 Å². The van der Waals surface area contributed by atoms with Gasteiger partial charge in [-0.2, -0.15) is 0 Å². The molecule has 0 saturated heterocycles. The van der Waals surface area contributed by atoms with E-state index in [0.717, 1.165) is 13.3 Å². The van der Waals surface area contributed by atoms with E-state index in [1.165, 1.54) is 0 Å². The highest BCUT2D eigenvalue weighted by Crippen LogP contribution is 2.39. The zero-order valence-corrected chi connectivity index (χ0v) is 8.99. The van der Waals surface area contributed by atoms with Gasteiger partial charge in [-0.3, -0.25) is 10.1 Å². The van der Waals surface area contributed by atoms with E-state index in [2.05, 4.69) is 25.7 Å². The number of nitro groups is 1. The Balaban J connectivity index is 3.51. The highest BCUT2D eigenvalue weighted by molar-refractivity contribution is 9.10. The van der Waals surface area contributed by atoms with Crippen molar-refractivity contribution in [1.82, 2.24) is 4.98 Å². The lowest BCUT2D eigenvalue weighted by Gasteiger charge is -2.06. The molecule has 0 fully saturated rings. The average molecular weight is 283 g/mol. The van der Waals surface area contributed by atoms with Crippen LogP contribution in [0.3, 0.4) is 0 Å². The summed E-state index contributed by atoms with van der Waals surface area (Å²) in [6.45, 7) is 0. The lowest BCUT2D eigenvalue weighted by atomic mass is 10.2. The number of rotatable bonds is 3. The number of nitrogens with zero attached hydrogens (tertiary/aromatic N) is 2. The summed E-state index contributed by atoms with van der Waals surface area (Å²) in [4.78, 5) is 13.2. The molecule has 1 rings (SSSR count). The fourth-order valence-corrected chi connectivity index (χ4v) is 1.47. The van der Waals surface area contributed by atoms with E-state index in [-0.39, 0.29) is 4.47 Å². The predicted molar refractivity (Wildman–Crippen MR) is 50.1 cm³/mol. The third-order valence-electron chi connectivity index (χ3n) is 1.60. The zero-order chi connectivity index (χ0) is 11.6. The lowest BCUT2D eigenvalue weighted by Crippen LogP contribution is -2.02. The minimum Gasteiger partial charge on any atom is -0.476 e. The van der Waals surface area contributed by atoms with Crippen LogP contribution >= 0.6 is 15.9 Å². The van der Waals surface area contributed by atoms with Crippen LogP contribution in [0, 0.1) is 10.1 Å². The van der Waals surface area contributed by atoms with Crippen molar-refractivity contribution in [2.24, 2.45) is 0 Å². The maximum Gasteiger partial charge on any atom is 0.340 e. The van der Waals surface area contributed by atoms with Crippen LogP contribution in [-0.4, -0.2) is 17.0 Å². The second-order valence-corrected chi connectivity index (χ2v) is 3.29. The van der Waals surface area contributed by atoms with Gasteiger partial charge in [-0.1, -0.05) is 0 Å². The van der Waals surface area contributed by atoms with Crippen molar-refractivity contribution < 1.29 is 18.4 Å². The second-order valence-electron chi connectivity index (χ2n) is 2.44. The van der Waals surface area contributed by atoms with Gasteiger partial charge in [-0.05, 0) is 15.9 Å². The molecule has 8 heteroatoms. The molecule has 0 N–H and O–H groups in total. The van der Waals surface area contributed by atoms with Crippen LogP contribution in [0.1, 0.15) is 12.0 Å². The SMILES string of the molecule is COc1ncc(Br)c(C(F)F)c1[N+](=O)[O-]. The summed E-state index contributed by atoms with van der Waals surface area (Å²) < 4.78 is 29.5. The number of aromatic nitrogens is 1. The number of alkyl halides is 2. The van der Waals surface area contributed by atoms with Gasteiger partial charge in [-0.15, -0.1) is 0 Å². The second kappa shape index (κ2) is 4.47. The topological polar surface area (TPSA) is 65.3 Å². The highest BCUT2D eigenvalue weighted by atomic mass is 79.9. The van der Waals surface area contributed by atoms with Gasteiger partial charge in [0, 0.05) is 6.20 Å². The molecule has 5 nitrogen and oxygen atoms in total. The summed E-state index contributed by atoms with van der Waals surface area (Å²) >= 11 is 2.78. The highest BCUT2D eigenvalue weighted by Gasteiger charge is 2.30. The number of methoxy groups -OCH3 is 1. The van der Waals surface area contributed by atoms with Crippen molar-refractivity contribution in [2.75, 3.05) is 7.11 Å². The van der Waals surface area contributed by atoms with Crippen molar-refractivity contribution in [3.05, 3.63) is 26.3 Å². The summed E-state index contributed by atoms with van der Waals surface area (Å²) in [5.41, 5.74) is -1.55. The van der Waals surface area contributed by atoms with Gasteiger partial charge < -0.3 is 4.74 Å². The van der Waals surface area contributed by atoms with Crippen LogP contribution < -0.4 is 4.74 Å². The molecule has 0 aliphatic heterocycles. The monoisotopic (exact) mass is 282 g/mol. The Morgan fingerprint density at radius 3 is 2.67 bits per heavy atom. The summed E-state index contributed by atoms with van der Waals surface area (Å²) in [7, 11) is 1.12. The smallest absolute Gasteiger partial charge is 0.340 e. The molecule has 1 aromatic rings. The Kier molecular flexibility index (Phi) is 3.51. The number of hydrogen-bond donors (Lipinski definition) is 0. The number of ether oxygens (including phenoxy) is 1. The van der Waals surface area contributed by atoms with Gasteiger partial charge in [0.2, 0.25) is 0 Å². The first-order chi connectivity index (χ1) is 6.99. The first-order valence-electron chi connectivity index (χ1n) is 3.64. The zero-order valence-electron chi connectivity index (χ0n) is 7.41. The van der Waals surface area contributed by atoms with Crippen molar-refractivity contribution in [1.29, 1.82) is 0 Å². The fraction of sp³-hybridized carbons (Fsp3) is 0.286. The maximum atomic E-state index is 12.5. The molecule has 0 saturated carbocycles. The molecule has 0 radical (unpaired) electrons. The minimum absolute atomic E-state index is 0.120. The molecule has 0 unspecified atom stereocenters. The van der Waals surface area contributed by atoms with E-state index in [0.29, 0.717) is 0 Å². The molecule has 0 bridgehead atoms. The van der Waals surface area contributed by atoms with E-state index in [9.17, 15) is 18.9 Å². The Bertz CT molecular complexity index is 400. The van der Waals surface area contributed by atoms with Gasteiger partial charge in [0.05, 0.1) is 16.5 Å². The molecular formula is C7H5BrF2N2O3. The molecule has 82 valence electrons. The van der Waals surface area contributed by atoms with Crippen LogP contribution in [0.4, 0.5) is 14.5 Å². The number of pyridine rings is 1. The van der Waals surface area contributed by atoms with Gasteiger partial charge in [-0.25, -0.2) is 13.8 Å². The summed E-state index contributed by atoms with van der Waals surface area (Å²) in [5.74, 6) is -0.432. The molecule has 0 spiro atoms. The lowest BCUT2D eigenvalue weighted by molar-refractivity contribution is -0.387. The number of halogens is 3. The maximum absolute atomic E-state index is 12.5. The first-order valence-corrected chi connectivity index (χ1v) is 4.43. The summed E-state index contributed by atoms with van der Waals surface area (Å²) in [6.07, 6.45) is -1.94. The summed E-state index contributed by atoms with van der Waals surface area (Å²) in [5, 5.41) is 10.6. The molecule has 0 amide bonds. The normalized spacial score (nSPS) is 10.5. The molecule has 0 atom stereocenters. The van der Waals surface area contributed by atoms with Crippen LogP contribution in [0.25, 0.3) is 0 Å². The summed E-state index contributed by atoms with van der Waals surface area (Å²) in [6, 6.07) is 0. The van der Waals surface area contributed by atoms with Crippen LogP contribution in [0.5, 0.6) is 5.88 Å². The van der Waals surface area contributed by atoms with Gasteiger partial charge in [0.25, 0.3) is 12.3 Å². The van der Waals surface area contributed by atoms with Crippen molar-refractivity contribution >= 4 is 21.6 Å². The average Bonchev–Trinajstić information content (AvgIpc) is 2.16. The van der Waals surface area contributed by atoms with Crippen LogP contribution in [0.15, 0.2) is 10.7 Å². The van der Waals surface area contributed by atoms with E-state index in [4.69, 9.17) is 0 Å². The Morgan fingerprint density at radius 1 is 1.67 bits per heavy atom. The van der Waals surface area contributed by atoms with Gasteiger partial charge in [0.15, 0.2) is 0 Å². The molecule has 15 heavy (non-hydrogen) atoms. The van der Waals surface area contributed by atoms with Crippen molar-refractivity contribution in [3.8, 4) is 5.88 Å². The number of hydrogen-bond acceptors (Lipinski definition) is 4. The third-order valence-corrected chi connectivity index (χ3v) is 2.24. The Morgan fingerprint density at radius 2 is 2.27 bits per heavy atom. The molecule has 1 aromatic heterocycles. The Labute approximate surface area is 91.3 Å². The van der Waals surface area contributed by atoms with Crippen LogP contribution in [-0.2, 0) is 0 Å². The molecule has 0 aliphatic carbocycles. The molecular weight excluding hydrogens is 278 g/mol. The standard InChI is InChI=1S/C7H5BrF2N2O3/c1-15-7-5(12(13)14)4(6(9)10)3(8)2-11-7/h2,6H,1H3. The molecule has 0 aliphatic rings. The van der Waals surface area contributed by atoms with Crippen LogP contribution in [0.2, 0.25) is 0 Å². The van der Waals surface area contributed by atoms with E-state index >= 15 is 0 Å². The first kappa shape index (κ1) is 11.8. The quantitative estimate of drug-likeness (QED) is 0.632. The van der Waals surface area contributed by atoms with Crippen molar-refractivity contribution in [2.45, 2.75) is 6.43 Å². The van der Waals surface area contributed by atoms with E-state index in [1.54, 1.807) is 0 Å². The van der Waals surface area contributed by atoms with Gasteiger partial charge in [0.1, 0.15) is 5.56 Å². The minimum atomic E-state index is -2.98. The Hall–Kier alpha value is -1.31. The fourth-order valence-electron chi connectivity index (χ4n) is 1.01. The molecule has 0 aromatic carbocycles. The van der Waals surface area contributed by atoms with E-state index in [1.807, 2.05) is 0 Å². The van der Waals surface area contributed by atoms with Gasteiger partial charge >= 0.3 is 5.69 Å². The third kappa shape index (κ3) is 2.20.